The maximum atomic E-state index is 11.7. The van der Waals surface area contributed by atoms with Crippen LogP contribution in [0.3, 0.4) is 0 Å². The minimum Gasteiger partial charge on any atom is -0.404 e. The third-order valence-corrected chi connectivity index (χ3v) is 3.38. The van der Waals surface area contributed by atoms with Gasteiger partial charge in [0.25, 0.3) is 0 Å². The van der Waals surface area contributed by atoms with Crippen molar-refractivity contribution in [1.29, 1.82) is 0 Å². The van der Waals surface area contributed by atoms with Crippen LogP contribution in [-0.2, 0) is 18.1 Å². The molecule has 0 bridgehead atoms. The highest BCUT2D eigenvalue weighted by Gasteiger charge is 2.25. The molecule has 16 heavy (non-hydrogen) atoms. The molecular formula is C11H15O4P. The molecule has 0 aliphatic rings. The van der Waals surface area contributed by atoms with Crippen LogP contribution < -0.4 is 0 Å². The van der Waals surface area contributed by atoms with Gasteiger partial charge in [-0.05, 0) is 6.92 Å². The molecule has 0 amide bonds. The Bertz CT molecular complexity index is 402. The van der Waals surface area contributed by atoms with E-state index in [1.807, 2.05) is 31.2 Å². The van der Waals surface area contributed by atoms with Crippen molar-refractivity contribution in [3.8, 4) is 0 Å². The van der Waals surface area contributed by atoms with E-state index < -0.39 is 7.82 Å². The van der Waals surface area contributed by atoms with Crippen LogP contribution in [0, 0.1) is 6.92 Å². The Morgan fingerprint density at radius 1 is 1.19 bits per heavy atom. The van der Waals surface area contributed by atoms with Crippen LogP contribution in [0.25, 0.3) is 5.76 Å². The van der Waals surface area contributed by atoms with Crippen LogP contribution >= 0.6 is 7.82 Å². The summed E-state index contributed by atoms with van der Waals surface area (Å²) < 4.78 is 26.1. The summed E-state index contributed by atoms with van der Waals surface area (Å²) in [5.74, 6) is 0.257. The van der Waals surface area contributed by atoms with Gasteiger partial charge in [0.1, 0.15) is 5.76 Å². The number of aryl methyl sites for hydroxylation is 1. The summed E-state index contributed by atoms with van der Waals surface area (Å²) in [5.41, 5.74) is 1.86. The van der Waals surface area contributed by atoms with Gasteiger partial charge in [-0.25, -0.2) is 4.57 Å². The standard InChI is InChI=1S/C11H15O4P/c1-9-5-7-11(8-6-9)10(2)15-16(12,13-3)14-4/h5-8H,2H2,1,3-4H3. The largest absolute Gasteiger partial charge is 0.529 e. The molecule has 1 aromatic rings. The molecule has 0 spiro atoms. The molecule has 0 aromatic heterocycles. The molecule has 0 radical (unpaired) electrons. The van der Waals surface area contributed by atoms with E-state index >= 15 is 0 Å². The van der Waals surface area contributed by atoms with Gasteiger partial charge in [-0.1, -0.05) is 36.4 Å². The monoisotopic (exact) mass is 242 g/mol. The molecule has 0 saturated carbocycles. The first-order valence-corrected chi connectivity index (χ1v) is 6.14. The highest BCUT2D eigenvalue weighted by atomic mass is 31.2. The van der Waals surface area contributed by atoms with Crippen molar-refractivity contribution < 1.29 is 18.1 Å². The van der Waals surface area contributed by atoms with Crippen LogP contribution in [0.5, 0.6) is 0 Å². The first-order valence-electron chi connectivity index (χ1n) is 4.68. The highest BCUT2D eigenvalue weighted by Crippen LogP contribution is 2.50. The minimum absolute atomic E-state index is 0.257. The van der Waals surface area contributed by atoms with Crippen molar-refractivity contribution in [3.05, 3.63) is 42.0 Å². The molecular weight excluding hydrogens is 227 g/mol. The molecule has 1 rings (SSSR count). The van der Waals surface area contributed by atoms with Gasteiger partial charge < -0.3 is 4.52 Å². The maximum absolute atomic E-state index is 11.7. The Morgan fingerprint density at radius 2 is 1.69 bits per heavy atom. The first kappa shape index (κ1) is 13.0. The van der Waals surface area contributed by atoms with E-state index in [1.165, 1.54) is 14.2 Å². The summed E-state index contributed by atoms with van der Waals surface area (Å²) in [6.07, 6.45) is 0. The molecule has 0 unspecified atom stereocenters. The minimum atomic E-state index is -3.51. The number of benzene rings is 1. The SMILES string of the molecule is C=C(OP(=O)(OC)OC)c1ccc(C)cc1. The first-order chi connectivity index (χ1) is 7.50. The van der Waals surface area contributed by atoms with Crippen molar-refractivity contribution in [1.82, 2.24) is 0 Å². The predicted octanol–water partition coefficient (Wildman–Crippen LogP) is 3.38. The lowest BCUT2D eigenvalue weighted by molar-refractivity contribution is 0.201. The maximum Gasteiger partial charge on any atom is 0.529 e. The third-order valence-electron chi connectivity index (χ3n) is 2.04. The fourth-order valence-electron chi connectivity index (χ4n) is 1.08. The summed E-state index contributed by atoms with van der Waals surface area (Å²) in [7, 11) is -1.00. The van der Waals surface area contributed by atoms with Gasteiger partial charge >= 0.3 is 7.82 Å². The second kappa shape index (κ2) is 5.30. The molecule has 0 aliphatic heterocycles. The van der Waals surface area contributed by atoms with Crippen LogP contribution in [0.2, 0.25) is 0 Å². The number of hydrogen-bond acceptors (Lipinski definition) is 4. The van der Waals surface area contributed by atoms with E-state index in [4.69, 9.17) is 4.52 Å². The van der Waals surface area contributed by atoms with Gasteiger partial charge in [0.15, 0.2) is 0 Å². The van der Waals surface area contributed by atoms with Crippen LogP contribution in [-0.4, -0.2) is 14.2 Å². The highest BCUT2D eigenvalue weighted by molar-refractivity contribution is 7.48. The fraction of sp³-hybridized carbons (Fsp3) is 0.273. The van der Waals surface area contributed by atoms with E-state index in [0.29, 0.717) is 0 Å². The van der Waals surface area contributed by atoms with Gasteiger partial charge in [-0.2, -0.15) is 0 Å². The summed E-state index contributed by atoms with van der Waals surface area (Å²) in [5, 5.41) is 0. The summed E-state index contributed by atoms with van der Waals surface area (Å²) in [4.78, 5) is 0. The van der Waals surface area contributed by atoms with Gasteiger partial charge in [-0.3, -0.25) is 9.05 Å². The molecule has 1 aromatic carbocycles. The second-order valence-electron chi connectivity index (χ2n) is 3.19. The number of phosphoric ester groups is 1. The quantitative estimate of drug-likeness (QED) is 0.586. The molecule has 88 valence electrons. The lowest BCUT2D eigenvalue weighted by Gasteiger charge is -2.15. The van der Waals surface area contributed by atoms with E-state index in [0.717, 1.165) is 11.1 Å². The normalized spacial score (nSPS) is 11.2. The predicted molar refractivity (Wildman–Crippen MR) is 62.9 cm³/mol. The van der Waals surface area contributed by atoms with Crippen LogP contribution in [0.1, 0.15) is 11.1 Å². The Kier molecular flexibility index (Phi) is 4.30. The number of rotatable bonds is 5. The number of phosphoric acid groups is 1. The van der Waals surface area contributed by atoms with Crippen molar-refractivity contribution in [2.24, 2.45) is 0 Å². The molecule has 0 heterocycles. The second-order valence-corrected chi connectivity index (χ2v) is 5.00. The topological polar surface area (TPSA) is 44.8 Å². The zero-order valence-electron chi connectivity index (χ0n) is 9.60. The van der Waals surface area contributed by atoms with Crippen LogP contribution in [0.15, 0.2) is 30.8 Å². The van der Waals surface area contributed by atoms with Crippen molar-refractivity contribution >= 4 is 13.6 Å². The zero-order chi connectivity index (χ0) is 12.2. The van der Waals surface area contributed by atoms with E-state index in [2.05, 4.69) is 15.6 Å². The third kappa shape index (κ3) is 3.20. The zero-order valence-corrected chi connectivity index (χ0v) is 10.5. The summed E-state index contributed by atoms with van der Waals surface area (Å²) in [6.45, 7) is 5.66. The molecule has 0 N–H and O–H groups in total. The molecule has 0 fully saturated rings. The molecule has 0 atom stereocenters. The Balaban J connectivity index is 2.80. The van der Waals surface area contributed by atoms with Crippen LogP contribution in [0.4, 0.5) is 0 Å². The van der Waals surface area contributed by atoms with E-state index in [9.17, 15) is 4.57 Å². The van der Waals surface area contributed by atoms with Crippen molar-refractivity contribution in [2.45, 2.75) is 6.92 Å². The van der Waals surface area contributed by atoms with E-state index in [-0.39, 0.29) is 5.76 Å². The lowest BCUT2D eigenvalue weighted by atomic mass is 10.1. The molecule has 5 heteroatoms. The summed E-state index contributed by atoms with van der Waals surface area (Å²) >= 11 is 0. The Morgan fingerprint density at radius 3 is 2.12 bits per heavy atom. The molecule has 0 aliphatic carbocycles. The Hall–Kier alpha value is -1.09. The van der Waals surface area contributed by atoms with Gasteiger partial charge in [-0.15, -0.1) is 0 Å². The average molecular weight is 242 g/mol. The summed E-state index contributed by atoms with van der Waals surface area (Å²) in [6, 6.07) is 7.48. The van der Waals surface area contributed by atoms with Crippen molar-refractivity contribution in [2.75, 3.05) is 14.2 Å². The van der Waals surface area contributed by atoms with Gasteiger partial charge in [0, 0.05) is 19.8 Å². The molecule has 4 nitrogen and oxygen atoms in total. The molecule has 0 saturated heterocycles. The Labute approximate surface area is 95.5 Å². The number of hydrogen-bond donors (Lipinski definition) is 0. The average Bonchev–Trinajstić information content (AvgIpc) is 2.29. The fourth-order valence-corrected chi connectivity index (χ4v) is 1.75. The lowest BCUT2D eigenvalue weighted by Crippen LogP contribution is -1.94. The van der Waals surface area contributed by atoms with Crippen molar-refractivity contribution in [3.63, 3.8) is 0 Å². The van der Waals surface area contributed by atoms with E-state index in [1.54, 1.807) is 0 Å². The smallest absolute Gasteiger partial charge is 0.404 e. The van der Waals surface area contributed by atoms with Gasteiger partial charge in [0.05, 0.1) is 0 Å². The van der Waals surface area contributed by atoms with Gasteiger partial charge in [0.2, 0.25) is 0 Å².